The number of hydrogen-bond donors (Lipinski definition) is 0. The number of aryl methyl sites for hydroxylation is 2. The molecule has 40 heavy (non-hydrogen) atoms. The molecular weight excluding hydrogens is 486 g/mol. The Morgan fingerprint density at radius 2 is 0.975 bits per heavy atom. The summed E-state index contributed by atoms with van der Waals surface area (Å²) < 4.78 is 9.36. The van der Waals surface area contributed by atoms with Gasteiger partial charge in [0, 0.05) is 38.4 Å². The summed E-state index contributed by atoms with van der Waals surface area (Å²) in [5.74, 6) is 0. The largest absolute Gasteiger partial charge is 0.455 e. The standard InChI is InChI=1S/C38H43NO/c1-22-12-14-32-26(16-22)27-17-23(2)13-15-33(27)39(32)25-20-29-28-18-24(36(3,4)5)19-30(37(6,7)8)34(28)40-35(29)31(21-25)38(9,10)11/h12-21H,1-11H3. The molecule has 0 radical (unpaired) electrons. The fourth-order valence-corrected chi connectivity index (χ4v) is 6.17. The molecule has 6 rings (SSSR count). The second-order valence-electron chi connectivity index (χ2n) is 15.0. The maximum atomic E-state index is 6.90. The molecule has 0 aliphatic carbocycles. The Hall–Kier alpha value is -3.52. The lowest BCUT2D eigenvalue weighted by atomic mass is 9.79. The van der Waals surface area contributed by atoms with Crippen molar-refractivity contribution in [3.63, 3.8) is 0 Å². The fourth-order valence-electron chi connectivity index (χ4n) is 6.17. The van der Waals surface area contributed by atoms with Crippen molar-refractivity contribution in [1.82, 2.24) is 4.57 Å². The monoisotopic (exact) mass is 529 g/mol. The van der Waals surface area contributed by atoms with Gasteiger partial charge in [-0.05, 0) is 78.1 Å². The molecule has 2 heteroatoms. The van der Waals surface area contributed by atoms with Crippen LogP contribution in [-0.2, 0) is 16.2 Å². The first-order valence-corrected chi connectivity index (χ1v) is 14.6. The van der Waals surface area contributed by atoms with E-state index in [1.165, 1.54) is 66.1 Å². The van der Waals surface area contributed by atoms with Crippen molar-refractivity contribution in [2.24, 2.45) is 0 Å². The van der Waals surface area contributed by atoms with Gasteiger partial charge in [-0.2, -0.15) is 0 Å². The third-order valence-electron chi connectivity index (χ3n) is 8.47. The zero-order valence-corrected chi connectivity index (χ0v) is 26.1. The van der Waals surface area contributed by atoms with Crippen molar-refractivity contribution in [2.75, 3.05) is 0 Å². The van der Waals surface area contributed by atoms with Gasteiger partial charge in [0.25, 0.3) is 0 Å². The summed E-state index contributed by atoms with van der Waals surface area (Å²) in [6.07, 6.45) is 0. The van der Waals surface area contributed by atoms with Crippen LogP contribution in [0.25, 0.3) is 49.4 Å². The van der Waals surface area contributed by atoms with Gasteiger partial charge in [-0.1, -0.05) is 91.6 Å². The predicted octanol–water partition coefficient (Wildman–Crippen LogP) is 11.2. The Labute approximate surface area is 239 Å². The van der Waals surface area contributed by atoms with E-state index in [2.05, 4.69) is 141 Å². The van der Waals surface area contributed by atoms with Crippen LogP contribution in [0.4, 0.5) is 0 Å². The second-order valence-corrected chi connectivity index (χ2v) is 15.0. The normalized spacial score (nSPS) is 13.4. The van der Waals surface area contributed by atoms with Crippen molar-refractivity contribution in [3.05, 3.63) is 88.5 Å². The molecule has 0 aliphatic heterocycles. The zero-order valence-electron chi connectivity index (χ0n) is 26.1. The van der Waals surface area contributed by atoms with Crippen molar-refractivity contribution in [2.45, 2.75) is 92.4 Å². The van der Waals surface area contributed by atoms with Crippen molar-refractivity contribution >= 4 is 43.7 Å². The molecule has 0 N–H and O–H groups in total. The summed E-state index contributed by atoms with van der Waals surface area (Å²) in [6.45, 7) is 25.0. The Balaban J connectivity index is 1.80. The average molecular weight is 530 g/mol. The summed E-state index contributed by atoms with van der Waals surface area (Å²) in [4.78, 5) is 0. The summed E-state index contributed by atoms with van der Waals surface area (Å²) in [5.41, 5.74) is 12.0. The van der Waals surface area contributed by atoms with Crippen molar-refractivity contribution in [3.8, 4) is 5.69 Å². The van der Waals surface area contributed by atoms with Crippen LogP contribution >= 0.6 is 0 Å². The molecule has 0 saturated heterocycles. The van der Waals surface area contributed by atoms with Gasteiger partial charge >= 0.3 is 0 Å². The van der Waals surface area contributed by atoms with E-state index in [1.54, 1.807) is 0 Å². The summed E-state index contributed by atoms with van der Waals surface area (Å²) >= 11 is 0. The highest BCUT2D eigenvalue weighted by Gasteiger charge is 2.29. The van der Waals surface area contributed by atoms with Crippen LogP contribution in [0.15, 0.2) is 65.1 Å². The van der Waals surface area contributed by atoms with Gasteiger partial charge in [-0.15, -0.1) is 0 Å². The lowest BCUT2D eigenvalue weighted by Crippen LogP contribution is -2.16. The molecule has 2 nitrogen and oxygen atoms in total. The summed E-state index contributed by atoms with van der Waals surface area (Å²) in [5, 5.41) is 5.02. The Morgan fingerprint density at radius 3 is 1.45 bits per heavy atom. The minimum Gasteiger partial charge on any atom is -0.455 e. The van der Waals surface area contributed by atoms with Gasteiger partial charge in [0.15, 0.2) is 0 Å². The predicted molar refractivity (Wildman–Crippen MR) is 174 cm³/mol. The molecule has 0 spiro atoms. The number of rotatable bonds is 1. The Kier molecular flexibility index (Phi) is 5.67. The highest BCUT2D eigenvalue weighted by molar-refractivity contribution is 6.12. The van der Waals surface area contributed by atoms with Gasteiger partial charge in [0.05, 0.1) is 11.0 Å². The first-order valence-electron chi connectivity index (χ1n) is 14.6. The summed E-state index contributed by atoms with van der Waals surface area (Å²) in [7, 11) is 0. The van der Waals surface area contributed by atoms with Crippen LogP contribution in [-0.4, -0.2) is 4.57 Å². The number of benzene rings is 4. The number of fused-ring (bicyclic) bond motifs is 6. The van der Waals surface area contributed by atoms with Gasteiger partial charge in [0.2, 0.25) is 0 Å². The molecule has 0 atom stereocenters. The lowest BCUT2D eigenvalue weighted by Gasteiger charge is -2.25. The molecule has 6 aromatic rings. The molecule has 2 heterocycles. The average Bonchev–Trinajstić information content (AvgIpc) is 3.36. The topological polar surface area (TPSA) is 18.1 Å². The van der Waals surface area contributed by atoms with Crippen LogP contribution in [0, 0.1) is 13.8 Å². The first-order chi connectivity index (χ1) is 18.5. The maximum Gasteiger partial charge on any atom is 0.139 e. The third-order valence-corrected chi connectivity index (χ3v) is 8.47. The van der Waals surface area contributed by atoms with Crippen LogP contribution in [0.5, 0.6) is 0 Å². The van der Waals surface area contributed by atoms with E-state index in [9.17, 15) is 0 Å². The molecular formula is C38H43NO. The molecule has 0 saturated carbocycles. The van der Waals surface area contributed by atoms with Gasteiger partial charge in [0.1, 0.15) is 11.2 Å². The van der Waals surface area contributed by atoms with Crippen LogP contribution in [0.3, 0.4) is 0 Å². The van der Waals surface area contributed by atoms with E-state index in [0.717, 1.165) is 11.2 Å². The van der Waals surface area contributed by atoms with Gasteiger partial charge < -0.3 is 8.98 Å². The first kappa shape index (κ1) is 26.7. The quantitative estimate of drug-likeness (QED) is 0.207. The van der Waals surface area contributed by atoms with Crippen molar-refractivity contribution in [1.29, 1.82) is 0 Å². The fraction of sp³-hybridized carbons (Fsp3) is 0.368. The van der Waals surface area contributed by atoms with E-state index in [1.807, 2.05) is 0 Å². The highest BCUT2D eigenvalue weighted by Crippen LogP contribution is 2.44. The highest BCUT2D eigenvalue weighted by atomic mass is 16.3. The van der Waals surface area contributed by atoms with E-state index < -0.39 is 0 Å². The Morgan fingerprint density at radius 1 is 0.500 bits per heavy atom. The number of hydrogen-bond acceptors (Lipinski definition) is 1. The van der Waals surface area contributed by atoms with Crippen LogP contribution in [0.2, 0.25) is 0 Å². The van der Waals surface area contributed by atoms with Crippen LogP contribution < -0.4 is 0 Å². The minimum atomic E-state index is -0.0944. The molecule has 0 bridgehead atoms. The van der Waals surface area contributed by atoms with Gasteiger partial charge in [-0.25, -0.2) is 0 Å². The zero-order chi connectivity index (χ0) is 28.9. The molecule has 0 amide bonds. The maximum absolute atomic E-state index is 6.90. The van der Waals surface area contributed by atoms with E-state index in [0.29, 0.717) is 0 Å². The smallest absolute Gasteiger partial charge is 0.139 e. The summed E-state index contributed by atoms with van der Waals surface area (Å²) in [6, 6.07) is 23.2. The number of nitrogens with zero attached hydrogens (tertiary/aromatic N) is 1. The van der Waals surface area contributed by atoms with Crippen LogP contribution in [0.1, 0.15) is 90.1 Å². The molecule has 0 unspecified atom stereocenters. The molecule has 206 valence electrons. The lowest BCUT2D eigenvalue weighted by molar-refractivity contribution is 0.550. The minimum absolute atomic E-state index is 0.0325. The SMILES string of the molecule is Cc1ccc2c(c1)c1cc(C)ccc1n2-c1cc(C(C)(C)C)c2oc3c(C(C)(C)C)cc(C(C)(C)C)cc3c2c1. The van der Waals surface area contributed by atoms with E-state index >= 15 is 0 Å². The molecule has 4 aromatic carbocycles. The molecule has 0 aliphatic rings. The van der Waals surface area contributed by atoms with Gasteiger partial charge in [-0.3, -0.25) is 0 Å². The van der Waals surface area contributed by atoms with Crippen molar-refractivity contribution < 1.29 is 4.42 Å². The Bertz CT molecular complexity index is 1900. The molecule has 2 aromatic heterocycles. The van der Waals surface area contributed by atoms with E-state index in [4.69, 9.17) is 4.42 Å². The van der Waals surface area contributed by atoms with E-state index in [-0.39, 0.29) is 16.2 Å². The number of aromatic nitrogens is 1. The number of furan rings is 1. The molecule has 0 fully saturated rings. The second kappa shape index (κ2) is 8.49. The third kappa shape index (κ3) is 4.15.